The van der Waals surface area contributed by atoms with Gasteiger partial charge in [0.1, 0.15) is 11.2 Å². The summed E-state index contributed by atoms with van der Waals surface area (Å²) in [7, 11) is 1.37. The molecule has 16 heteroatoms. The molecule has 5 aliphatic rings. The first-order valence-corrected chi connectivity index (χ1v) is 31.2. The molecule has 440 valence electrons. The summed E-state index contributed by atoms with van der Waals surface area (Å²) in [5, 5.41) is 6.88. The van der Waals surface area contributed by atoms with E-state index in [4.69, 9.17) is 9.47 Å². The first-order valence-electron chi connectivity index (χ1n) is 29.6. The molecule has 80 heavy (non-hydrogen) atoms. The molecular formula is C64H92Br2N6O8. The fourth-order valence-corrected chi connectivity index (χ4v) is 12.0. The second-order valence-corrected chi connectivity index (χ2v) is 26.2. The Morgan fingerprint density at radius 1 is 0.588 bits per heavy atom. The topological polar surface area (TPSA) is 150 Å². The summed E-state index contributed by atoms with van der Waals surface area (Å²) in [4.78, 5) is 70.3. The third-order valence-corrected chi connectivity index (χ3v) is 16.6. The molecule has 3 aliphatic heterocycles. The second-order valence-electron chi connectivity index (χ2n) is 24.4. The van der Waals surface area contributed by atoms with Crippen molar-refractivity contribution in [2.24, 2.45) is 29.6 Å². The van der Waals surface area contributed by atoms with Gasteiger partial charge in [0.25, 0.3) is 0 Å². The van der Waals surface area contributed by atoms with Crippen molar-refractivity contribution in [2.75, 3.05) is 81.1 Å². The van der Waals surface area contributed by atoms with Crippen LogP contribution < -0.4 is 20.4 Å². The minimum Gasteiger partial charge on any atom is -0.466 e. The molecule has 5 fully saturated rings. The molecular weight excluding hydrogens is 1140 g/mol. The highest BCUT2D eigenvalue weighted by Crippen LogP contribution is 2.33. The maximum Gasteiger partial charge on any atom is 0.410 e. The molecule has 0 bridgehead atoms. The van der Waals surface area contributed by atoms with E-state index in [1.165, 1.54) is 26.0 Å². The Morgan fingerprint density at radius 2 is 1.04 bits per heavy atom. The van der Waals surface area contributed by atoms with E-state index in [1.807, 2.05) is 117 Å². The van der Waals surface area contributed by atoms with Crippen LogP contribution in [0.5, 0.6) is 0 Å². The number of likely N-dealkylation sites (tertiary alicyclic amines) is 2. The third-order valence-electron chi connectivity index (χ3n) is 15.6. The first kappa shape index (κ1) is 64.2. The fraction of sp³-hybridized carbons (Fsp3) is 0.609. The van der Waals surface area contributed by atoms with Crippen LogP contribution in [-0.2, 0) is 28.6 Å². The normalized spacial score (nSPS) is 18.2. The molecule has 4 amide bonds. The number of hydrogen-bond acceptors (Lipinski definition) is 10. The van der Waals surface area contributed by atoms with E-state index in [0.29, 0.717) is 37.4 Å². The molecule has 3 heterocycles. The Labute approximate surface area is 495 Å². The van der Waals surface area contributed by atoms with Crippen molar-refractivity contribution in [3.8, 4) is 0 Å². The molecule has 0 unspecified atom stereocenters. The van der Waals surface area contributed by atoms with E-state index in [9.17, 15) is 24.0 Å². The quantitative estimate of drug-likeness (QED) is 0.0962. The molecule has 2 saturated carbocycles. The zero-order valence-corrected chi connectivity index (χ0v) is 52.1. The largest absolute Gasteiger partial charge is 0.466 e. The van der Waals surface area contributed by atoms with E-state index >= 15 is 0 Å². The van der Waals surface area contributed by atoms with Crippen LogP contribution in [0.25, 0.3) is 6.08 Å². The van der Waals surface area contributed by atoms with Gasteiger partial charge in [0.05, 0.1) is 7.11 Å². The Kier molecular flexibility index (Phi) is 25.7. The zero-order valence-electron chi connectivity index (χ0n) is 49.0. The maximum atomic E-state index is 13.4. The van der Waals surface area contributed by atoms with Crippen LogP contribution in [-0.4, -0.2) is 117 Å². The second kappa shape index (κ2) is 32.1. The number of nitrogens with zero attached hydrogens (tertiary/aromatic N) is 4. The standard InChI is InChI=1S/C24H35BrN2O3.C23H32N2O3.C17H25BrN2O2/c1-24(2,3)30-23(29)26-14-12-18(13-15-26)17-27(21-11-7-10-20(25)16-21)22(28)19-8-5-4-6-9-19;1-28-22(26)11-10-18-6-5-9-21(16-18)25(17-19-12-14-24-15-13-19)23(27)20-7-3-2-4-8-20;1-17(2,3)22-16(21)20-9-7-13(8-10-20)12-19-15-6-4-5-14(18)11-15/h7,10-11,16,18-19H,4-6,8-9,12-15,17H2,1-3H3;5-6,9-11,16,19-20,24H,2-4,7-8,12-15,17H2,1H3;4-6,11,13,19H,7-10,12H2,1-3H3/b;11-10+;. The molecule has 0 aromatic heterocycles. The molecule has 0 atom stereocenters. The Morgan fingerprint density at radius 3 is 1.51 bits per heavy atom. The first-order chi connectivity index (χ1) is 38.2. The predicted octanol–water partition coefficient (Wildman–Crippen LogP) is 14.3. The highest BCUT2D eigenvalue weighted by molar-refractivity contribution is 9.10. The number of anilines is 3. The van der Waals surface area contributed by atoms with Crippen LogP contribution in [0, 0.1) is 29.6 Å². The molecule has 3 aromatic carbocycles. The van der Waals surface area contributed by atoms with Crippen molar-refractivity contribution >= 4 is 85.0 Å². The monoisotopic (exact) mass is 1230 g/mol. The van der Waals surface area contributed by atoms with Crippen LogP contribution in [0.2, 0.25) is 0 Å². The Balaban J connectivity index is 0.000000196. The van der Waals surface area contributed by atoms with Crippen molar-refractivity contribution in [1.29, 1.82) is 0 Å². The number of rotatable bonds is 13. The van der Waals surface area contributed by atoms with Gasteiger partial charge in [-0.25, -0.2) is 14.4 Å². The molecule has 0 radical (unpaired) electrons. The lowest BCUT2D eigenvalue weighted by atomic mass is 9.87. The Bertz CT molecular complexity index is 2460. The average Bonchev–Trinajstić information content (AvgIpc) is 3.45. The van der Waals surface area contributed by atoms with Crippen molar-refractivity contribution in [2.45, 2.75) is 155 Å². The van der Waals surface area contributed by atoms with Crippen LogP contribution in [0.3, 0.4) is 0 Å². The van der Waals surface area contributed by atoms with Gasteiger partial charge in [0.15, 0.2) is 0 Å². The lowest BCUT2D eigenvalue weighted by Gasteiger charge is -2.37. The lowest BCUT2D eigenvalue weighted by Crippen LogP contribution is -2.45. The predicted molar refractivity (Wildman–Crippen MR) is 329 cm³/mol. The summed E-state index contributed by atoms with van der Waals surface area (Å²) < 4.78 is 17.7. The number of amides is 4. The summed E-state index contributed by atoms with van der Waals surface area (Å²) >= 11 is 7.03. The van der Waals surface area contributed by atoms with E-state index in [-0.39, 0.29) is 41.8 Å². The van der Waals surface area contributed by atoms with Gasteiger partial charge in [0.2, 0.25) is 11.8 Å². The number of nitrogens with one attached hydrogen (secondary N) is 2. The molecule has 2 N–H and O–H groups in total. The number of carbonyl (C=O) groups excluding carboxylic acids is 5. The van der Waals surface area contributed by atoms with E-state index < -0.39 is 11.2 Å². The highest BCUT2D eigenvalue weighted by Gasteiger charge is 2.33. The lowest BCUT2D eigenvalue weighted by molar-refractivity contribution is -0.134. The number of benzene rings is 3. The van der Waals surface area contributed by atoms with Gasteiger partial charge in [-0.15, -0.1) is 0 Å². The van der Waals surface area contributed by atoms with E-state index in [2.05, 4.69) is 59.4 Å². The molecule has 3 saturated heterocycles. The van der Waals surface area contributed by atoms with Crippen LogP contribution in [0.1, 0.15) is 150 Å². The average molecular weight is 1230 g/mol. The fourth-order valence-electron chi connectivity index (χ4n) is 11.2. The van der Waals surface area contributed by atoms with Crippen LogP contribution in [0.15, 0.2) is 87.8 Å². The number of ether oxygens (including phenoxy) is 3. The van der Waals surface area contributed by atoms with Crippen LogP contribution in [0.4, 0.5) is 26.7 Å². The molecule has 14 nitrogen and oxygen atoms in total. The van der Waals surface area contributed by atoms with Gasteiger partial charge in [-0.3, -0.25) is 9.59 Å². The minimum atomic E-state index is -0.474. The maximum absolute atomic E-state index is 13.4. The van der Waals surface area contributed by atoms with Gasteiger partial charge >= 0.3 is 18.2 Å². The number of carbonyl (C=O) groups is 5. The summed E-state index contributed by atoms with van der Waals surface area (Å²) in [6, 6.07) is 24.2. The van der Waals surface area contributed by atoms with Crippen molar-refractivity contribution < 1.29 is 38.2 Å². The van der Waals surface area contributed by atoms with Crippen molar-refractivity contribution in [1.82, 2.24) is 15.1 Å². The number of halogens is 2. The third kappa shape index (κ3) is 22.1. The van der Waals surface area contributed by atoms with Crippen LogP contribution >= 0.6 is 31.9 Å². The molecule has 3 aromatic rings. The minimum absolute atomic E-state index is 0.139. The number of methoxy groups -OCH3 is 1. The van der Waals surface area contributed by atoms with Gasteiger partial charge in [-0.1, -0.05) is 94.7 Å². The summed E-state index contributed by atoms with van der Waals surface area (Å²) in [6.45, 7) is 18.8. The van der Waals surface area contributed by atoms with Crippen molar-refractivity contribution in [3.63, 3.8) is 0 Å². The van der Waals surface area contributed by atoms with Gasteiger partial charge in [0, 0.05) is 89.7 Å². The SMILES string of the molecule is CC(C)(C)OC(=O)N1CCC(CN(C(=O)C2CCCCC2)c2cccc(Br)c2)CC1.CC(C)(C)OC(=O)N1CCC(CNc2cccc(Br)c2)CC1.COC(=O)/C=C/c1cccc(N(CC2CCNCC2)C(=O)C2CCCCC2)c1. The van der Waals surface area contributed by atoms with Gasteiger partial charge in [-0.2, -0.15) is 0 Å². The van der Waals surface area contributed by atoms with Crippen molar-refractivity contribution in [3.05, 3.63) is 93.4 Å². The molecule has 8 rings (SSSR count). The molecule has 2 aliphatic carbocycles. The molecule has 0 spiro atoms. The number of hydrogen-bond donors (Lipinski definition) is 2. The number of esters is 1. The van der Waals surface area contributed by atoms with E-state index in [1.54, 1.807) is 11.0 Å². The smallest absolute Gasteiger partial charge is 0.410 e. The summed E-state index contributed by atoms with van der Waals surface area (Å²) in [5.41, 5.74) is 3.03. The Hall–Kier alpha value is -4.93. The van der Waals surface area contributed by atoms with Gasteiger partial charge < -0.3 is 44.4 Å². The summed E-state index contributed by atoms with van der Waals surface area (Å²) in [6.07, 6.45) is 19.9. The highest BCUT2D eigenvalue weighted by atomic mass is 79.9. The number of piperidine rings is 3. The van der Waals surface area contributed by atoms with E-state index in [0.717, 1.165) is 161 Å². The summed E-state index contributed by atoms with van der Waals surface area (Å²) in [5.74, 6) is 1.95. The van der Waals surface area contributed by atoms with Gasteiger partial charge in [-0.05, 0) is 197 Å². The zero-order chi connectivity index (χ0) is 57.7.